The first-order valence-corrected chi connectivity index (χ1v) is 8.57. The molecule has 7 nitrogen and oxygen atoms in total. The van der Waals surface area contributed by atoms with E-state index in [2.05, 4.69) is 16.0 Å². The van der Waals surface area contributed by atoms with Gasteiger partial charge < -0.3 is 20.9 Å². The summed E-state index contributed by atoms with van der Waals surface area (Å²) in [6.07, 6.45) is 0. The number of hydrogen-bond donors (Lipinski definition) is 3. The van der Waals surface area contributed by atoms with Crippen LogP contribution in [0, 0.1) is 0 Å². The third kappa shape index (κ3) is 7.29. The highest BCUT2D eigenvalue weighted by molar-refractivity contribution is 5.96. The minimum atomic E-state index is -0.295. The van der Waals surface area contributed by atoms with Crippen molar-refractivity contribution in [1.29, 1.82) is 0 Å². The van der Waals surface area contributed by atoms with Crippen molar-refractivity contribution in [3.63, 3.8) is 0 Å². The molecule has 3 amide bonds. The fraction of sp³-hybridized carbons (Fsp3) is 0.250. The highest BCUT2D eigenvalue weighted by Gasteiger charge is 2.08. The average Bonchev–Trinajstić information content (AvgIpc) is 2.64. The Morgan fingerprint density at radius 3 is 2.33 bits per heavy atom. The minimum Gasteiger partial charge on any atom is -0.350 e. The molecule has 0 bridgehead atoms. The molecule has 0 heterocycles. The maximum absolute atomic E-state index is 11.9. The van der Waals surface area contributed by atoms with Gasteiger partial charge in [-0.15, -0.1) is 0 Å². The van der Waals surface area contributed by atoms with E-state index in [-0.39, 0.29) is 24.3 Å². The lowest BCUT2D eigenvalue weighted by molar-refractivity contribution is -0.120. The van der Waals surface area contributed by atoms with Crippen molar-refractivity contribution in [3.8, 4) is 0 Å². The summed E-state index contributed by atoms with van der Waals surface area (Å²) in [5.74, 6) is -0.692. The molecule has 3 N–H and O–H groups in total. The summed E-state index contributed by atoms with van der Waals surface area (Å²) in [5.41, 5.74) is 2.03. The molecule has 0 saturated carbocycles. The maximum atomic E-state index is 11.9. The Hall–Kier alpha value is -3.19. The van der Waals surface area contributed by atoms with Gasteiger partial charge in [0.15, 0.2) is 0 Å². The molecule has 0 aliphatic rings. The number of carbonyl (C=O) groups excluding carboxylic acids is 3. The lowest BCUT2D eigenvalue weighted by atomic mass is 10.2. The van der Waals surface area contributed by atoms with E-state index in [0.29, 0.717) is 24.3 Å². The van der Waals surface area contributed by atoms with Crippen LogP contribution in [-0.4, -0.2) is 49.8 Å². The van der Waals surface area contributed by atoms with Gasteiger partial charge in [-0.1, -0.05) is 30.3 Å². The van der Waals surface area contributed by atoms with Crippen molar-refractivity contribution in [2.24, 2.45) is 0 Å². The maximum Gasteiger partial charge on any atom is 0.251 e. The van der Waals surface area contributed by atoms with Crippen molar-refractivity contribution in [3.05, 3.63) is 65.7 Å². The van der Waals surface area contributed by atoms with E-state index in [9.17, 15) is 14.4 Å². The predicted molar refractivity (Wildman–Crippen MR) is 104 cm³/mol. The van der Waals surface area contributed by atoms with Crippen molar-refractivity contribution >= 4 is 23.4 Å². The number of likely N-dealkylation sites (N-methyl/N-ethyl adjacent to an activating group) is 1. The summed E-state index contributed by atoms with van der Waals surface area (Å²) in [7, 11) is 3.64. The van der Waals surface area contributed by atoms with Crippen molar-refractivity contribution in [2.45, 2.75) is 6.54 Å². The molecular formula is C20H24N4O3. The molecule has 0 atom stereocenters. The van der Waals surface area contributed by atoms with E-state index >= 15 is 0 Å². The van der Waals surface area contributed by atoms with Crippen LogP contribution in [0.5, 0.6) is 0 Å². The summed E-state index contributed by atoms with van der Waals surface area (Å²) < 4.78 is 0. The van der Waals surface area contributed by atoms with Crippen LogP contribution < -0.4 is 16.0 Å². The first-order chi connectivity index (χ1) is 12.9. The Morgan fingerprint density at radius 1 is 0.889 bits per heavy atom. The molecule has 2 aromatic carbocycles. The number of anilines is 1. The van der Waals surface area contributed by atoms with Crippen molar-refractivity contribution in [2.75, 3.05) is 32.5 Å². The molecule has 142 valence electrons. The van der Waals surface area contributed by atoms with Crippen LogP contribution in [0.15, 0.2) is 54.6 Å². The monoisotopic (exact) mass is 368 g/mol. The topological polar surface area (TPSA) is 90.5 Å². The molecule has 0 saturated heterocycles. The number of amides is 3. The number of rotatable bonds is 8. The molecule has 0 aliphatic carbocycles. The van der Waals surface area contributed by atoms with Crippen molar-refractivity contribution < 1.29 is 14.4 Å². The lowest BCUT2D eigenvalue weighted by Gasteiger charge is -2.11. The molecule has 7 heteroatoms. The fourth-order valence-corrected chi connectivity index (χ4v) is 2.36. The van der Waals surface area contributed by atoms with Crippen LogP contribution in [0.1, 0.15) is 15.9 Å². The van der Waals surface area contributed by atoms with Crippen LogP contribution in [0.4, 0.5) is 5.69 Å². The number of nitrogens with one attached hydrogen (secondary N) is 3. The van der Waals surface area contributed by atoms with Crippen LogP contribution in [-0.2, 0) is 16.1 Å². The van der Waals surface area contributed by atoms with Gasteiger partial charge in [-0.3, -0.25) is 14.4 Å². The largest absolute Gasteiger partial charge is 0.350 e. The Balaban J connectivity index is 1.78. The van der Waals surface area contributed by atoms with Gasteiger partial charge in [-0.2, -0.15) is 0 Å². The van der Waals surface area contributed by atoms with Gasteiger partial charge in [0, 0.05) is 17.8 Å². The normalized spacial score (nSPS) is 10.3. The smallest absolute Gasteiger partial charge is 0.251 e. The van der Waals surface area contributed by atoms with Crippen molar-refractivity contribution in [1.82, 2.24) is 15.5 Å². The Kier molecular flexibility index (Phi) is 7.51. The van der Waals surface area contributed by atoms with Gasteiger partial charge in [-0.25, -0.2) is 0 Å². The van der Waals surface area contributed by atoms with Crippen LogP contribution >= 0.6 is 0 Å². The van der Waals surface area contributed by atoms with E-state index in [1.807, 2.05) is 32.3 Å². The zero-order valence-corrected chi connectivity index (χ0v) is 15.5. The molecule has 0 aromatic heterocycles. The second-order valence-electron chi connectivity index (χ2n) is 6.31. The van der Waals surface area contributed by atoms with Gasteiger partial charge >= 0.3 is 0 Å². The molecule has 0 unspecified atom stereocenters. The third-order valence-corrected chi connectivity index (χ3v) is 3.61. The molecule has 0 radical (unpaired) electrons. The molecule has 27 heavy (non-hydrogen) atoms. The number of carbonyl (C=O) groups is 3. The first-order valence-electron chi connectivity index (χ1n) is 8.57. The van der Waals surface area contributed by atoms with Gasteiger partial charge in [0.05, 0.1) is 13.1 Å². The number of nitrogens with zero attached hydrogens (tertiary/aromatic N) is 1. The second-order valence-corrected chi connectivity index (χ2v) is 6.31. The Morgan fingerprint density at radius 2 is 1.63 bits per heavy atom. The number of hydrogen-bond acceptors (Lipinski definition) is 4. The molecule has 0 spiro atoms. The molecule has 2 rings (SSSR count). The average molecular weight is 368 g/mol. The van der Waals surface area contributed by atoms with Gasteiger partial charge in [0.2, 0.25) is 11.8 Å². The van der Waals surface area contributed by atoms with Gasteiger partial charge in [0.25, 0.3) is 5.91 Å². The summed E-state index contributed by atoms with van der Waals surface area (Å²) in [5, 5.41) is 8.13. The van der Waals surface area contributed by atoms with E-state index < -0.39 is 0 Å². The Labute approximate surface area is 158 Å². The van der Waals surface area contributed by atoms with E-state index in [1.54, 1.807) is 41.3 Å². The highest BCUT2D eigenvalue weighted by Crippen LogP contribution is 2.10. The van der Waals surface area contributed by atoms with E-state index in [1.165, 1.54) is 0 Å². The lowest BCUT2D eigenvalue weighted by Crippen LogP contribution is -2.36. The third-order valence-electron chi connectivity index (χ3n) is 3.61. The van der Waals surface area contributed by atoms with Crippen LogP contribution in [0.25, 0.3) is 0 Å². The molecule has 2 aromatic rings. The van der Waals surface area contributed by atoms with Crippen LogP contribution in [0.3, 0.4) is 0 Å². The summed E-state index contributed by atoms with van der Waals surface area (Å²) in [6.45, 7) is 0.493. The summed E-state index contributed by atoms with van der Waals surface area (Å²) >= 11 is 0. The molecule has 0 fully saturated rings. The van der Waals surface area contributed by atoms with Gasteiger partial charge in [-0.05, 0) is 43.9 Å². The van der Waals surface area contributed by atoms with Gasteiger partial charge in [0.1, 0.15) is 0 Å². The standard InChI is InChI=1S/C20H24N4O3/c1-24(2)14-19(26)23-17-10-6-7-15(11-17)12-21-18(25)13-22-20(27)16-8-4-3-5-9-16/h3-11H,12-14H2,1-2H3,(H,21,25)(H,22,27)(H,23,26). The number of benzene rings is 2. The Bertz CT molecular complexity index is 791. The fourth-order valence-electron chi connectivity index (χ4n) is 2.36. The first kappa shape index (κ1) is 20.1. The molecule has 0 aliphatic heterocycles. The zero-order valence-electron chi connectivity index (χ0n) is 15.5. The predicted octanol–water partition coefficient (Wildman–Crippen LogP) is 1.23. The zero-order chi connectivity index (χ0) is 19.6. The highest BCUT2D eigenvalue weighted by atomic mass is 16.2. The van der Waals surface area contributed by atoms with E-state index in [0.717, 1.165) is 5.56 Å². The quantitative estimate of drug-likeness (QED) is 0.654. The SMILES string of the molecule is CN(C)CC(=O)Nc1cccc(CNC(=O)CNC(=O)c2ccccc2)c1. The second kappa shape index (κ2) is 10.1. The van der Waals surface area contributed by atoms with Crippen LogP contribution in [0.2, 0.25) is 0 Å². The molecular weight excluding hydrogens is 344 g/mol. The minimum absolute atomic E-state index is 0.104. The summed E-state index contributed by atoms with van der Waals surface area (Å²) in [6, 6.07) is 16.0. The summed E-state index contributed by atoms with van der Waals surface area (Å²) in [4.78, 5) is 37.4. The van der Waals surface area contributed by atoms with E-state index in [4.69, 9.17) is 0 Å².